The van der Waals surface area contributed by atoms with Gasteiger partial charge in [0.05, 0.1) is 17.6 Å². The lowest BCUT2D eigenvalue weighted by atomic mass is 10.0. The molecule has 2 aliphatic heterocycles. The Hall–Kier alpha value is -1.11. The van der Waals surface area contributed by atoms with Crippen molar-refractivity contribution in [2.45, 2.75) is 37.2 Å². The van der Waals surface area contributed by atoms with E-state index in [1.165, 1.54) is 0 Å². The number of ether oxygens (including phenoxy) is 1. The largest absolute Gasteiger partial charge is 0.385 e. The molecule has 1 saturated heterocycles. The highest BCUT2D eigenvalue weighted by molar-refractivity contribution is 7.89. The molecule has 116 valence electrons. The average molecular weight is 310 g/mol. The maximum atomic E-state index is 13.0. The number of nitrogens with one attached hydrogen (secondary N) is 1. The third-order valence-corrected chi connectivity index (χ3v) is 6.18. The van der Waals surface area contributed by atoms with E-state index in [-0.39, 0.29) is 6.10 Å². The van der Waals surface area contributed by atoms with Crippen molar-refractivity contribution in [1.29, 1.82) is 0 Å². The van der Waals surface area contributed by atoms with Crippen LogP contribution in [-0.4, -0.2) is 45.1 Å². The maximum absolute atomic E-state index is 13.0. The lowest BCUT2D eigenvalue weighted by Gasteiger charge is -2.32. The third-order valence-electron chi connectivity index (χ3n) is 4.23. The molecule has 0 bridgehead atoms. The summed E-state index contributed by atoms with van der Waals surface area (Å²) in [7, 11) is -3.43. The first-order valence-corrected chi connectivity index (χ1v) is 9.04. The van der Waals surface area contributed by atoms with Gasteiger partial charge in [-0.15, -0.1) is 0 Å². The number of hydrogen-bond donors (Lipinski definition) is 1. The first-order chi connectivity index (χ1) is 10.1. The monoisotopic (exact) mass is 310 g/mol. The van der Waals surface area contributed by atoms with Crippen LogP contribution in [0.1, 0.15) is 25.3 Å². The highest BCUT2D eigenvalue weighted by atomic mass is 32.2. The number of nitrogens with zero attached hydrogens (tertiary/aromatic N) is 1. The van der Waals surface area contributed by atoms with Crippen molar-refractivity contribution in [2.24, 2.45) is 0 Å². The van der Waals surface area contributed by atoms with Crippen LogP contribution in [0.2, 0.25) is 0 Å². The van der Waals surface area contributed by atoms with E-state index in [1.807, 2.05) is 19.1 Å². The van der Waals surface area contributed by atoms with E-state index in [9.17, 15) is 8.42 Å². The standard InChI is InChI=1S/C15H22N2O3S/c1-2-12-11-17(9-10-20-12)21(18,19)15-7-3-6-14-13(15)5-4-8-16-14/h3,6-7,12,16H,2,4-5,8-11H2,1H3. The molecule has 0 aromatic heterocycles. The molecule has 0 radical (unpaired) electrons. The third kappa shape index (κ3) is 2.80. The first kappa shape index (κ1) is 14.8. The van der Waals surface area contributed by atoms with E-state index in [0.29, 0.717) is 24.6 Å². The molecule has 0 spiro atoms. The van der Waals surface area contributed by atoms with Gasteiger partial charge in [0.2, 0.25) is 10.0 Å². The molecule has 0 amide bonds. The molecule has 1 N–H and O–H groups in total. The van der Waals surface area contributed by atoms with Crippen LogP contribution in [0.3, 0.4) is 0 Å². The first-order valence-electron chi connectivity index (χ1n) is 7.60. The predicted molar refractivity (Wildman–Crippen MR) is 82.0 cm³/mol. The van der Waals surface area contributed by atoms with Crippen molar-refractivity contribution < 1.29 is 13.2 Å². The Morgan fingerprint density at radius 2 is 2.29 bits per heavy atom. The van der Waals surface area contributed by atoms with Crippen LogP contribution in [0, 0.1) is 0 Å². The highest BCUT2D eigenvalue weighted by Gasteiger charge is 2.32. The molecule has 1 atom stereocenters. The molecule has 2 heterocycles. The summed E-state index contributed by atoms with van der Waals surface area (Å²) in [5, 5.41) is 3.29. The lowest BCUT2D eigenvalue weighted by Crippen LogP contribution is -2.45. The maximum Gasteiger partial charge on any atom is 0.243 e. The Balaban J connectivity index is 1.95. The van der Waals surface area contributed by atoms with Crippen LogP contribution in [-0.2, 0) is 21.2 Å². The van der Waals surface area contributed by atoms with E-state index in [2.05, 4.69) is 5.32 Å². The normalized spacial score (nSPS) is 23.4. The van der Waals surface area contributed by atoms with Gasteiger partial charge in [-0.25, -0.2) is 8.42 Å². The summed E-state index contributed by atoms with van der Waals surface area (Å²) in [5.74, 6) is 0. The molecule has 5 nitrogen and oxygen atoms in total. The molecule has 21 heavy (non-hydrogen) atoms. The van der Waals surface area contributed by atoms with Crippen molar-refractivity contribution >= 4 is 15.7 Å². The van der Waals surface area contributed by atoms with E-state index < -0.39 is 10.0 Å². The van der Waals surface area contributed by atoms with Gasteiger partial charge in [0.15, 0.2) is 0 Å². The van der Waals surface area contributed by atoms with Crippen molar-refractivity contribution in [2.75, 3.05) is 31.6 Å². The van der Waals surface area contributed by atoms with Gasteiger partial charge in [-0.3, -0.25) is 0 Å². The topological polar surface area (TPSA) is 58.6 Å². The number of anilines is 1. The zero-order valence-corrected chi connectivity index (χ0v) is 13.2. The van der Waals surface area contributed by atoms with Gasteiger partial charge in [0, 0.05) is 25.3 Å². The Morgan fingerprint density at radius 1 is 1.43 bits per heavy atom. The number of fused-ring (bicyclic) bond motifs is 1. The van der Waals surface area contributed by atoms with E-state index >= 15 is 0 Å². The molecule has 1 aromatic rings. The molecular formula is C15H22N2O3S. The second-order valence-corrected chi connectivity index (χ2v) is 7.48. The second kappa shape index (κ2) is 5.94. The van der Waals surface area contributed by atoms with Crippen molar-refractivity contribution in [1.82, 2.24) is 4.31 Å². The molecule has 1 fully saturated rings. The van der Waals surface area contributed by atoms with Crippen LogP contribution in [0.25, 0.3) is 0 Å². The highest BCUT2D eigenvalue weighted by Crippen LogP contribution is 2.31. The van der Waals surface area contributed by atoms with E-state index in [0.717, 1.165) is 37.1 Å². The minimum atomic E-state index is -3.43. The SMILES string of the molecule is CCC1CN(S(=O)(=O)c2cccc3c2CCCN3)CCO1. The van der Waals surface area contributed by atoms with Crippen molar-refractivity contribution in [3.05, 3.63) is 23.8 Å². The zero-order chi connectivity index (χ0) is 14.9. The van der Waals surface area contributed by atoms with Crippen molar-refractivity contribution in [3.8, 4) is 0 Å². The second-order valence-electron chi connectivity index (χ2n) is 5.58. The molecule has 2 aliphatic rings. The summed E-state index contributed by atoms with van der Waals surface area (Å²) < 4.78 is 33.1. The van der Waals surface area contributed by atoms with Crippen LogP contribution < -0.4 is 5.32 Å². The van der Waals surface area contributed by atoms with Crippen LogP contribution >= 0.6 is 0 Å². The minimum Gasteiger partial charge on any atom is -0.385 e. The average Bonchev–Trinajstić information content (AvgIpc) is 2.54. The van der Waals surface area contributed by atoms with E-state index in [1.54, 1.807) is 10.4 Å². The Kier molecular flexibility index (Phi) is 4.19. The van der Waals surface area contributed by atoms with Gasteiger partial charge in [-0.2, -0.15) is 4.31 Å². The molecule has 0 saturated carbocycles. The summed E-state index contributed by atoms with van der Waals surface area (Å²) in [6.45, 7) is 4.30. The fourth-order valence-electron chi connectivity index (χ4n) is 3.02. The van der Waals surface area contributed by atoms with Crippen molar-refractivity contribution in [3.63, 3.8) is 0 Å². The Bertz CT molecular complexity index is 615. The summed E-state index contributed by atoms with van der Waals surface area (Å²) >= 11 is 0. The Morgan fingerprint density at radius 3 is 3.10 bits per heavy atom. The van der Waals surface area contributed by atoms with Gasteiger partial charge in [-0.05, 0) is 37.0 Å². The Labute approximate surface area is 126 Å². The fraction of sp³-hybridized carbons (Fsp3) is 0.600. The van der Waals surface area contributed by atoms with Gasteiger partial charge in [0.25, 0.3) is 0 Å². The summed E-state index contributed by atoms with van der Waals surface area (Å²) in [6, 6.07) is 5.51. The fourth-order valence-corrected chi connectivity index (χ4v) is 4.75. The zero-order valence-electron chi connectivity index (χ0n) is 12.3. The van der Waals surface area contributed by atoms with Gasteiger partial charge in [0.1, 0.15) is 0 Å². The molecule has 1 aromatic carbocycles. The molecular weight excluding hydrogens is 288 g/mol. The number of morpholine rings is 1. The summed E-state index contributed by atoms with van der Waals surface area (Å²) in [4.78, 5) is 0.462. The smallest absolute Gasteiger partial charge is 0.243 e. The lowest BCUT2D eigenvalue weighted by molar-refractivity contribution is -0.00279. The van der Waals surface area contributed by atoms with Crippen LogP contribution in [0.4, 0.5) is 5.69 Å². The van der Waals surface area contributed by atoms with Gasteiger partial charge < -0.3 is 10.1 Å². The molecule has 6 heteroatoms. The number of benzene rings is 1. The summed E-state index contributed by atoms with van der Waals surface area (Å²) in [6.07, 6.45) is 2.63. The molecule has 3 rings (SSSR count). The van der Waals surface area contributed by atoms with E-state index in [4.69, 9.17) is 4.74 Å². The summed E-state index contributed by atoms with van der Waals surface area (Å²) in [5.41, 5.74) is 1.89. The number of sulfonamides is 1. The molecule has 0 aliphatic carbocycles. The van der Waals surface area contributed by atoms with Gasteiger partial charge in [-0.1, -0.05) is 13.0 Å². The predicted octanol–water partition coefficient (Wildman–Crippen LogP) is 1.84. The minimum absolute atomic E-state index is 0.00573. The number of hydrogen-bond acceptors (Lipinski definition) is 4. The number of rotatable bonds is 3. The van der Waals surface area contributed by atoms with Crippen LogP contribution in [0.5, 0.6) is 0 Å². The molecule has 1 unspecified atom stereocenters. The quantitative estimate of drug-likeness (QED) is 0.925. The van der Waals surface area contributed by atoms with Gasteiger partial charge >= 0.3 is 0 Å². The van der Waals surface area contributed by atoms with Crippen LogP contribution in [0.15, 0.2) is 23.1 Å².